The number of alkyl halides is 3. The minimum absolute atomic E-state index is 0.00491. The maximum absolute atomic E-state index is 13.1. The molecule has 0 aliphatic carbocycles. The number of carbonyl (C=O) groups is 1. The molecule has 1 amide bonds. The number of nitrogens with one attached hydrogen (secondary N) is 1. The van der Waals surface area contributed by atoms with Gasteiger partial charge in [0, 0.05) is 0 Å². The van der Waals surface area contributed by atoms with Crippen LogP contribution in [0.15, 0.2) is 18.2 Å². The first-order valence-electron chi connectivity index (χ1n) is 5.03. The Balaban J connectivity index is 3.00. The van der Waals surface area contributed by atoms with Gasteiger partial charge in [0.25, 0.3) is 0 Å². The van der Waals surface area contributed by atoms with Gasteiger partial charge in [-0.25, -0.2) is 4.39 Å². The number of hydrogen-bond donors (Lipinski definition) is 2. The summed E-state index contributed by atoms with van der Waals surface area (Å²) < 4.78 is 49.3. The Hall–Kier alpha value is -2.14. The van der Waals surface area contributed by atoms with Gasteiger partial charge in [0.1, 0.15) is 17.9 Å². The quantitative estimate of drug-likeness (QED) is 0.815. The second-order valence-electron chi connectivity index (χ2n) is 3.68. The summed E-state index contributed by atoms with van der Waals surface area (Å²) >= 11 is 0. The molecule has 8 heteroatoms. The van der Waals surface area contributed by atoms with E-state index in [0.717, 1.165) is 18.2 Å². The van der Waals surface area contributed by atoms with E-state index in [2.05, 4.69) is 0 Å². The fourth-order valence-electron chi connectivity index (χ4n) is 1.41. The molecular formula is C11H9F4N3O. The van der Waals surface area contributed by atoms with Gasteiger partial charge in [-0.15, -0.1) is 0 Å². The molecule has 0 aliphatic heterocycles. The van der Waals surface area contributed by atoms with Crippen molar-refractivity contribution in [3.8, 4) is 6.07 Å². The third-order valence-corrected chi connectivity index (χ3v) is 2.24. The molecule has 0 heterocycles. The zero-order valence-corrected chi connectivity index (χ0v) is 9.46. The Bertz CT molecular complexity index is 522. The number of halogens is 4. The zero-order chi connectivity index (χ0) is 14.6. The highest BCUT2D eigenvalue weighted by Crippen LogP contribution is 2.19. The smallest absolute Gasteiger partial charge is 0.368 e. The number of primary amides is 1. The number of hydrogen-bond acceptors (Lipinski definition) is 3. The van der Waals surface area contributed by atoms with Crippen molar-refractivity contribution in [3.05, 3.63) is 35.1 Å². The van der Waals surface area contributed by atoms with Crippen molar-refractivity contribution in [2.24, 2.45) is 5.73 Å². The maximum atomic E-state index is 13.1. The van der Waals surface area contributed by atoms with E-state index in [-0.39, 0.29) is 11.1 Å². The van der Waals surface area contributed by atoms with Crippen molar-refractivity contribution in [1.29, 1.82) is 5.26 Å². The number of nitrogens with two attached hydrogens (primary N) is 1. The van der Waals surface area contributed by atoms with Crippen LogP contribution in [0.25, 0.3) is 0 Å². The normalized spacial score (nSPS) is 12.8. The molecule has 0 fully saturated rings. The van der Waals surface area contributed by atoms with E-state index >= 15 is 0 Å². The Kier molecular flexibility index (Phi) is 4.45. The van der Waals surface area contributed by atoms with Gasteiger partial charge in [-0.1, -0.05) is 6.07 Å². The number of carbonyl (C=O) groups excluding carboxylic acids is 1. The molecule has 0 saturated heterocycles. The van der Waals surface area contributed by atoms with Crippen molar-refractivity contribution in [2.75, 3.05) is 6.54 Å². The van der Waals surface area contributed by atoms with Crippen LogP contribution in [0.5, 0.6) is 0 Å². The lowest BCUT2D eigenvalue weighted by Gasteiger charge is -2.17. The fourth-order valence-corrected chi connectivity index (χ4v) is 1.41. The molecule has 1 rings (SSSR count). The third-order valence-electron chi connectivity index (χ3n) is 2.24. The van der Waals surface area contributed by atoms with E-state index in [9.17, 15) is 22.4 Å². The van der Waals surface area contributed by atoms with Gasteiger partial charge in [0.2, 0.25) is 5.91 Å². The molecule has 0 radical (unpaired) electrons. The van der Waals surface area contributed by atoms with Gasteiger partial charge in [0.15, 0.2) is 0 Å². The average Bonchev–Trinajstić information content (AvgIpc) is 2.29. The first-order valence-corrected chi connectivity index (χ1v) is 5.03. The molecule has 0 spiro atoms. The molecule has 0 aliphatic rings. The van der Waals surface area contributed by atoms with E-state index in [4.69, 9.17) is 11.0 Å². The Labute approximate surface area is 105 Å². The second-order valence-corrected chi connectivity index (χ2v) is 3.68. The van der Waals surface area contributed by atoms with Crippen molar-refractivity contribution < 1.29 is 22.4 Å². The van der Waals surface area contributed by atoms with Gasteiger partial charge in [0.05, 0.1) is 12.1 Å². The molecule has 0 aromatic heterocycles. The number of amides is 1. The van der Waals surface area contributed by atoms with Crippen LogP contribution in [0.2, 0.25) is 0 Å². The summed E-state index contributed by atoms with van der Waals surface area (Å²) in [5, 5.41) is 10.5. The minimum atomic E-state index is -4.52. The lowest BCUT2D eigenvalue weighted by molar-refractivity contribution is -0.130. The monoisotopic (exact) mass is 275 g/mol. The highest BCUT2D eigenvalue weighted by Gasteiger charge is 2.30. The molecule has 1 unspecified atom stereocenters. The summed E-state index contributed by atoms with van der Waals surface area (Å²) in [7, 11) is 0. The highest BCUT2D eigenvalue weighted by atomic mass is 19.4. The van der Waals surface area contributed by atoms with E-state index in [1.54, 1.807) is 0 Å². The Morgan fingerprint density at radius 3 is 2.58 bits per heavy atom. The van der Waals surface area contributed by atoms with Crippen LogP contribution in [0, 0.1) is 17.1 Å². The maximum Gasteiger partial charge on any atom is 0.401 e. The number of nitrogens with zero attached hydrogens (tertiary/aromatic N) is 1. The minimum Gasteiger partial charge on any atom is -0.368 e. The molecule has 3 N–H and O–H groups in total. The molecule has 4 nitrogen and oxygen atoms in total. The van der Waals surface area contributed by atoms with Crippen LogP contribution in [-0.4, -0.2) is 18.6 Å². The Morgan fingerprint density at radius 1 is 1.47 bits per heavy atom. The van der Waals surface area contributed by atoms with E-state index < -0.39 is 30.5 Å². The third kappa shape index (κ3) is 4.22. The molecule has 1 atom stereocenters. The van der Waals surface area contributed by atoms with E-state index in [0.29, 0.717) is 0 Å². The van der Waals surface area contributed by atoms with E-state index in [1.165, 1.54) is 6.07 Å². The van der Waals surface area contributed by atoms with Crippen LogP contribution >= 0.6 is 0 Å². The average molecular weight is 275 g/mol. The summed E-state index contributed by atoms with van der Waals surface area (Å²) in [4.78, 5) is 11.1. The summed E-state index contributed by atoms with van der Waals surface area (Å²) in [6.45, 7) is -1.43. The predicted molar refractivity (Wildman–Crippen MR) is 57.1 cm³/mol. The van der Waals surface area contributed by atoms with Crippen molar-refractivity contribution in [3.63, 3.8) is 0 Å². The summed E-state index contributed by atoms with van der Waals surface area (Å²) in [6.07, 6.45) is -4.52. The van der Waals surface area contributed by atoms with Crippen LogP contribution in [0.4, 0.5) is 17.6 Å². The topological polar surface area (TPSA) is 78.9 Å². The molecule has 1 aromatic rings. The van der Waals surface area contributed by atoms with Crippen LogP contribution < -0.4 is 11.1 Å². The van der Waals surface area contributed by atoms with Crippen molar-refractivity contribution in [2.45, 2.75) is 12.2 Å². The van der Waals surface area contributed by atoms with Gasteiger partial charge >= 0.3 is 6.18 Å². The molecule has 19 heavy (non-hydrogen) atoms. The summed E-state index contributed by atoms with van der Waals surface area (Å²) in [5.41, 5.74) is 4.60. The SMILES string of the molecule is N#Cc1cc(C(NCC(F)(F)F)C(N)=O)ccc1F. The summed E-state index contributed by atoms with van der Waals surface area (Å²) in [6, 6.07) is 3.04. The first-order chi connectivity index (χ1) is 8.74. The summed E-state index contributed by atoms with van der Waals surface area (Å²) in [5.74, 6) is -1.88. The van der Waals surface area contributed by atoms with Crippen LogP contribution in [0.1, 0.15) is 17.2 Å². The standard InChI is InChI=1S/C11H9F4N3O/c12-8-2-1-6(3-7(8)4-16)9(10(17)19)18-5-11(13,14)15/h1-3,9,18H,5H2,(H2,17,19). The van der Waals surface area contributed by atoms with Crippen molar-refractivity contribution in [1.82, 2.24) is 5.32 Å². The molecule has 0 saturated carbocycles. The molecule has 1 aromatic carbocycles. The first kappa shape index (κ1) is 14.9. The second kappa shape index (κ2) is 5.67. The van der Waals surface area contributed by atoms with Gasteiger partial charge in [-0.3, -0.25) is 10.1 Å². The van der Waals surface area contributed by atoms with Gasteiger partial charge < -0.3 is 5.73 Å². The van der Waals surface area contributed by atoms with Crippen molar-refractivity contribution >= 4 is 5.91 Å². The van der Waals surface area contributed by atoms with Gasteiger partial charge in [-0.05, 0) is 17.7 Å². The fraction of sp³-hybridized carbons (Fsp3) is 0.273. The lowest BCUT2D eigenvalue weighted by atomic mass is 10.0. The Morgan fingerprint density at radius 2 is 2.11 bits per heavy atom. The molecule has 102 valence electrons. The van der Waals surface area contributed by atoms with E-state index in [1.807, 2.05) is 5.32 Å². The number of benzene rings is 1. The number of rotatable bonds is 4. The predicted octanol–water partition coefficient (Wildman–Crippen LogP) is 1.38. The molecule has 0 bridgehead atoms. The number of nitriles is 1. The highest BCUT2D eigenvalue weighted by molar-refractivity contribution is 5.81. The van der Waals surface area contributed by atoms with Crippen LogP contribution in [0.3, 0.4) is 0 Å². The van der Waals surface area contributed by atoms with Gasteiger partial charge in [-0.2, -0.15) is 18.4 Å². The van der Waals surface area contributed by atoms with Crippen LogP contribution in [-0.2, 0) is 4.79 Å². The zero-order valence-electron chi connectivity index (χ0n) is 9.46. The lowest BCUT2D eigenvalue weighted by Crippen LogP contribution is -2.39. The largest absolute Gasteiger partial charge is 0.401 e. The molecular weight excluding hydrogens is 266 g/mol.